The maximum atomic E-state index is 14.4. The summed E-state index contributed by atoms with van der Waals surface area (Å²) in [6.07, 6.45) is 2.58. The number of halogens is 2. The molecule has 0 N–H and O–H groups in total. The summed E-state index contributed by atoms with van der Waals surface area (Å²) in [6, 6.07) is 10.9. The van der Waals surface area contributed by atoms with Crippen molar-refractivity contribution in [2.75, 3.05) is 0 Å². The number of carbonyl (C=O) groups is 2. The lowest BCUT2D eigenvalue weighted by Gasteiger charge is -2.45. The van der Waals surface area contributed by atoms with Gasteiger partial charge in [-0.2, -0.15) is 5.10 Å². The molecule has 1 aliphatic heterocycles. The van der Waals surface area contributed by atoms with Crippen LogP contribution in [0.4, 0.5) is 8.78 Å². The van der Waals surface area contributed by atoms with Gasteiger partial charge in [0.15, 0.2) is 0 Å². The molecule has 28 heavy (non-hydrogen) atoms. The first kappa shape index (κ1) is 18.8. The normalized spacial score (nSPS) is 23.5. The van der Waals surface area contributed by atoms with Crippen LogP contribution in [0.3, 0.4) is 0 Å². The van der Waals surface area contributed by atoms with Crippen LogP contribution in [0.2, 0.25) is 0 Å². The van der Waals surface area contributed by atoms with Gasteiger partial charge in [-0.15, -0.1) is 0 Å². The summed E-state index contributed by atoms with van der Waals surface area (Å²) in [5.74, 6) is -1.69. The molecule has 0 bridgehead atoms. The highest BCUT2D eigenvalue weighted by atomic mass is 32.2. The number of nitrogens with zero attached hydrogens (tertiary/aromatic N) is 2. The van der Waals surface area contributed by atoms with Crippen molar-refractivity contribution in [3.05, 3.63) is 70.8 Å². The first-order chi connectivity index (χ1) is 13.5. The maximum absolute atomic E-state index is 14.4. The van der Waals surface area contributed by atoms with Gasteiger partial charge in [0.1, 0.15) is 27.8 Å². The predicted octanol–water partition coefficient (Wildman–Crippen LogP) is 4.23. The van der Waals surface area contributed by atoms with E-state index in [0.29, 0.717) is 6.42 Å². The minimum Gasteiger partial charge on any atom is -0.303 e. The van der Waals surface area contributed by atoms with Crippen LogP contribution >= 0.6 is 11.8 Å². The Kier molecular flexibility index (Phi) is 4.79. The van der Waals surface area contributed by atoms with Crippen molar-refractivity contribution < 1.29 is 18.4 Å². The van der Waals surface area contributed by atoms with Gasteiger partial charge in [0.05, 0.1) is 0 Å². The van der Waals surface area contributed by atoms with Crippen LogP contribution < -0.4 is 0 Å². The monoisotopic (exact) mass is 400 g/mol. The van der Waals surface area contributed by atoms with Gasteiger partial charge in [-0.25, -0.2) is 13.8 Å². The lowest BCUT2D eigenvalue weighted by Crippen LogP contribution is -2.48. The van der Waals surface area contributed by atoms with Crippen LogP contribution in [-0.4, -0.2) is 22.2 Å². The summed E-state index contributed by atoms with van der Waals surface area (Å²) >= 11 is 1.23. The number of hydrogen-bond donors (Lipinski definition) is 0. The van der Waals surface area contributed by atoms with Gasteiger partial charge < -0.3 is 4.79 Å². The Balaban J connectivity index is 1.90. The summed E-state index contributed by atoms with van der Waals surface area (Å²) in [6.45, 7) is 1.39. The average Bonchev–Trinajstić information content (AvgIpc) is 3.08. The lowest BCUT2D eigenvalue weighted by atomic mass is 9.77. The van der Waals surface area contributed by atoms with Crippen molar-refractivity contribution in [2.24, 2.45) is 11.0 Å². The smallest absolute Gasteiger partial charge is 0.241 e. The van der Waals surface area contributed by atoms with Crippen molar-refractivity contribution in [3.63, 3.8) is 0 Å². The molecule has 0 aromatic heterocycles. The molecule has 0 radical (unpaired) electrons. The van der Waals surface area contributed by atoms with Crippen molar-refractivity contribution >= 4 is 29.0 Å². The second-order valence-corrected chi connectivity index (χ2v) is 8.17. The molecule has 2 aromatic rings. The standard InChI is InChI=1S/C21H18F2N2O2S/c1-13(27)25-21(28-20(24-25)17-12-16(22)8-9-19(17)23)15(10-11-26)7-6-14-4-2-3-5-18(14)21/h2-5,8-9,11-12,15H,6-7,10H2,1H3. The van der Waals surface area contributed by atoms with Gasteiger partial charge in [-0.3, -0.25) is 4.79 Å². The Labute approximate surface area is 165 Å². The van der Waals surface area contributed by atoms with E-state index in [2.05, 4.69) is 5.10 Å². The first-order valence-corrected chi connectivity index (χ1v) is 9.85. The highest BCUT2D eigenvalue weighted by Gasteiger charge is 2.55. The second-order valence-electron chi connectivity index (χ2n) is 6.95. The number of aryl methyl sites for hydroxylation is 1. The zero-order chi connectivity index (χ0) is 19.9. The average molecular weight is 400 g/mol. The third kappa shape index (κ3) is 2.85. The van der Waals surface area contributed by atoms with Gasteiger partial charge in [0.25, 0.3) is 0 Å². The molecule has 1 spiro atoms. The number of amides is 1. The van der Waals surface area contributed by atoms with E-state index in [0.717, 1.165) is 42.0 Å². The number of hydrazone groups is 1. The molecular weight excluding hydrogens is 382 g/mol. The van der Waals surface area contributed by atoms with Crippen molar-refractivity contribution in [1.29, 1.82) is 0 Å². The molecule has 4 rings (SSSR count). The summed E-state index contributed by atoms with van der Waals surface area (Å²) in [5.41, 5.74) is 1.98. The SMILES string of the molecule is CC(=O)N1N=C(c2cc(F)ccc2F)SC12c1ccccc1CCC2CC=O. The van der Waals surface area contributed by atoms with Gasteiger partial charge in [0, 0.05) is 24.8 Å². The number of thioether (sulfide) groups is 1. The quantitative estimate of drug-likeness (QED) is 0.725. The summed E-state index contributed by atoms with van der Waals surface area (Å²) in [4.78, 5) is 23.0. The fraction of sp³-hybridized carbons (Fsp3) is 0.286. The number of aldehydes is 1. The molecule has 4 nitrogen and oxygen atoms in total. The minimum absolute atomic E-state index is 0.0148. The van der Waals surface area contributed by atoms with Crippen molar-refractivity contribution in [1.82, 2.24) is 5.01 Å². The number of fused-ring (bicyclic) bond motifs is 2. The zero-order valence-corrected chi connectivity index (χ0v) is 16.0. The highest BCUT2D eigenvalue weighted by molar-refractivity contribution is 8.15. The molecule has 1 amide bonds. The molecule has 2 aromatic carbocycles. The fourth-order valence-corrected chi connectivity index (χ4v) is 5.73. The van der Waals surface area contributed by atoms with Gasteiger partial charge in [-0.05, 0) is 42.2 Å². The first-order valence-electron chi connectivity index (χ1n) is 9.03. The molecule has 0 saturated heterocycles. The Morgan fingerprint density at radius 1 is 1.32 bits per heavy atom. The van der Waals surface area contributed by atoms with E-state index in [9.17, 15) is 18.4 Å². The van der Waals surface area contributed by atoms with E-state index >= 15 is 0 Å². The maximum Gasteiger partial charge on any atom is 0.241 e. The highest BCUT2D eigenvalue weighted by Crippen LogP contribution is 2.57. The van der Waals surface area contributed by atoms with Gasteiger partial charge in [-0.1, -0.05) is 36.0 Å². The van der Waals surface area contributed by atoms with Crippen LogP contribution in [0, 0.1) is 17.6 Å². The number of hydrogen-bond acceptors (Lipinski definition) is 4. The lowest BCUT2D eigenvalue weighted by molar-refractivity contribution is -0.134. The number of rotatable bonds is 3. The zero-order valence-electron chi connectivity index (χ0n) is 15.2. The summed E-state index contributed by atoms with van der Waals surface area (Å²) in [7, 11) is 0. The molecule has 0 fully saturated rings. The third-order valence-electron chi connectivity index (χ3n) is 5.31. The van der Waals surface area contributed by atoms with Crippen LogP contribution in [0.15, 0.2) is 47.6 Å². The third-order valence-corrected chi connectivity index (χ3v) is 6.85. The van der Waals surface area contributed by atoms with Crippen LogP contribution in [0.5, 0.6) is 0 Å². The fourth-order valence-electron chi connectivity index (χ4n) is 4.10. The summed E-state index contributed by atoms with van der Waals surface area (Å²) < 4.78 is 28.2. The van der Waals surface area contributed by atoms with Crippen LogP contribution in [0.1, 0.15) is 36.5 Å². The van der Waals surface area contributed by atoms with Gasteiger partial charge >= 0.3 is 0 Å². The van der Waals surface area contributed by atoms with E-state index in [1.165, 1.54) is 23.7 Å². The van der Waals surface area contributed by atoms with Crippen LogP contribution in [0.25, 0.3) is 0 Å². The number of carbonyl (C=O) groups excluding carboxylic acids is 2. The Morgan fingerprint density at radius 2 is 2.11 bits per heavy atom. The van der Waals surface area contributed by atoms with Crippen molar-refractivity contribution in [2.45, 2.75) is 31.1 Å². The molecule has 2 unspecified atom stereocenters. The minimum atomic E-state index is -0.949. The topological polar surface area (TPSA) is 49.7 Å². The van der Waals surface area contributed by atoms with Gasteiger partial charge in [0.2, 0.25) is 5.91 Å². The molecule has 7 heteroatoms. The Morgan fingerprint density at radius 3 is 2.86 bits per heavy atom. The largest absolute Gasteiger partial charge is 0.303 e. The summed E-state index contributed by atoms with van der Waals surface area (Å²) in [5, 5.41) is 6.00. The molecule has 2 atom stereocenters. The van der Waals surface area contributed by atoms with E-state index in [1.54, 1.807) is 0 Å². The Hall–Kier alpha value is -2.54. The second kappa shape index (κ2) is 7.13. The molecule has 2 aliphatic rings. The van der Waals surface area contributed by atoms with Crippen molar-refractivity contribution in [3.8, 4) is 0 Å². The molecular formula is C21H18F2N2O2S. The van der Waals surface area contributed by atoms with E-state index in [4.69, 9.17) is 0 Å². The van der Waals surface area contributed by atoms with E-state index < -0.39 is 16.5 Å². The molecule has 1 heterocycles. The molecule has 144 valence electrons. The molecule has 1 aliphatic carbocycles. The van der Waals surface area contributed by atoms with E-state index in [1.807, 2.05) is 24.3 Å². The predicted molar refractivity (Wildman–Crippen MR) is 104 cm³/mol. The molecule has 0 saturated carbocycles. The van der Waals surface area contributed by atoms with Crippen LogP contribution in [-0.2, 0) is 20.9 Å². The Bertz CT molecular complexity index is 994. The van der Waals surface area contributed by atoms with E-state index in [-0.39, 0.29) is 28.9 Å². The number of benzene rings is 2.